The van der Waals surface area contributed by atoms with Crippen molar-refractivity contribution in [1.29, 1.82) is 0 Å². The van der Waals surface area contributed by atoms with Crippen molar-refractivity contribution >= 4 is 29.7 Å². The topological polar surface area (TPSA) is 55.1 Å². The summed E-state index contributed by atoms with van der Waals surface area (Å²) in [6.07, 6.45) is 5.20. The van der Waals surface area contributed by atoms with Crippen LogP contribution in [0.2, 0.25) is 0 Å². The molecule has 18 heavy (non-hydrogen) atoms. The van der Waals surface area contributed by atoms with Crippen molar-refractivity contribution in [3.8, 4) is 0 Å². The lowest BCUT2D eigenvalue weighted by atomic mass is 9.83. The third-order valence-corrected chi connectivity index (χ3v) is 4.33. The normalized spacial score (nSPS) is 23.2. The molecular weight excluding hydrogens is 268 g/mol. The van der Waals surface area contributed by atoms with E-state index in [4.69, 9.17) is 5.73 Å². The lowest BCUT2D eigenvalue weighted by Crippen LogP contribution is -2.36. The summed E-state index contributed by atoms with van der Waals surface area (Å²) in [5, 5.41) is 5.00. The number of nitrogens with one attached hydrogen (secondary N) is 1. The SMILES string of the molecule is Cl.NC1CCCCC1CC(=O)NCc1cccs1. The zero-order valence-corrected chi connectivity index (χ0v) is 12.1. The highest BCUT2D eigenvalue weighted by Crippen LogP contribution is 2.25. The first-order chi connectivity index (χ1) is 8.25. The van der Waals surface area contributed by atoms with Crippen molar-refractivity contribution in [1.82, 2.24) is 5.32 Å². The van der Waals surface area contributed by atoms with Gasteiger partial charge in [-0.2, -0.15) is 0 Å². The molecule has 5 heteroatoms. The molecule has 1 aliphatic carbocycles. The largest absolute Gasteiger partial charge is 0.351 e. The standard InChI is InChI=1S/C13H20N2OS.ClH/c14-12-6-2-1-4-10(12)8-13(16)15-9-11-5-3-7-17-11;/h3,5,7,10,12H,1-2,4,6,8-9,14H2,(H,15,16);1H. The van der Waals surface area contributed by atoms with Gasteiger partial charge < -0.3 is 11.1 Å². The van der Waals surface area contributed by atoms with Gasteiger partial charge in [0, 0.05) is 17.3 Å². The third-order valence-electron chi connectivity index (χ3n) is 3.46. The van der Waals surface area contributed by atoms with Crippen molar-refractivity contribution < 1.29 is 4.79 Å². The molecule has 1 saturated carbocycles. The van der Waals surface area contributed by atoms with Gasteiger partial charge in [0.2, 0.25) is 5.91 Å². The van der Waals surface area contributed by atoms with Gasteiger partial charge in [-0.15, -0.1) is 23.7 Å². The zero-order chi connectivity index (χ0) is 12.1. The van der Waals surface area contributed by atoms with Gasteiger partial charge in [0.15, 0.2) is 0 Å². The molecule has 1 aromatic heterocycles. The molecule has 1 fully saturated rings. The van der Waals surface area contributed by atoms with Crippen molar-refractivity contribution in [3.63, 3.8) is 0 Å². The van der Waals surface area contributed by atoms with Gasteiger partial charge in [0.1, 0.15) is 0 Å². The molecular formula is C13H21ClN2OS. The Hall–Kier alpha value is -0.580. The van der Waals surface area contributed by atoms with E-state index in [0.717, 1.165) is 12.8 Å². The van der Waals surface area contributed by atoms with Crippen LogP contribution in [0.15, 0.2) is 17.5 Å². The number of rotatable bonds is 4. The van der Waals surface area contributed by atoms with E-state index in [9.17, 15) is 4.79 Å². The van der Waals surface area contributed by atoms with E-state index in [0.29, 0.717) is 18.9 Å². The fraction of sp³-hybridized carbons (Fsp3) is 0.615. The number of carbonyl (C=O) groups excluding carboxylic acids is 1. The molecule has 0 aliphatic heterocycles. The minimum atomic E-state index is 0. The van der Waals surface area contributed by atoms with Gasteiger partial charge in [-0.1, -0.05) is 18.9 Å². The molecule has 0 aromatic carbocycles. The molecule has 102 valence electrons. The number of hydrogen-bond donors (Lipinski definition) is 2. The number of carbonyl (C=O) groups is 1. The maximum atomic E-state index is 11.8. The van der Waals surface area contributed by atoms with Crippen LogP contribution in [0.4, 0.5) is 0 Å². The number of hydrogen-bond acceptors (Lipinski definition) is 3. The minimum absolute atomic E-state index is 0. The van der Waals surface area contributed by atoms with Crippen molar-refractivity contribution in [2.75, 3.05) is 0 Å². The van der Waals surface area contributed by atoms with Crippen LogP contribution in [0.25, 0.3) is 0 Å². The molecule has 2 atom stereocenters. The van der Waals surface area contributed by atoms with Gasteiger partial charge in [0.25, 0.3) is 0 Å². The predicted molar refractivity (Wildman–Crippen MR) is 78.0 cm³/mol. The Labute approximate surface area is 119 Å². The molecule has 1 amide bonds. The first kappa shape index (κ1) is 15.5. The van der Waals surface area contributed by atoms with E-state index in [1.54, 1.807) is 11.3 Å². The first-order valence-electron chi connectivity index (χ1n) is 6.30. The molecule has 0 bridgehead atoms. The zero-order valence-electron chi connectivity index (χ0n) is 10.4. The second-order valence-electron chi connectivity index (χ2n) is 4.77. The summed E-state index contributed by atoms with van der Waals surface area (Å²) in [6, 6.07) is 4.26. The van der Waals surface area contributed by atoms with Crippen molar-refractivity contribution in [3.05, 3.63) is 22.4 Å². The average Bonchev–Trinajstić information content (AvgIpc) is 2.82. The summed E-state index contributed by atoms with van der Waals surface area (Å²) < 4.78 is 0. The second-order valence-corrected chi connectivity index (χ2v) is 5.80. The van der Waals surface area contributed by atoms with E-state index >= 15 is 0 Å². The molecule has 3 N–H and O–H groups in total. The van der Waals surface area contributed by atoms with Gasteiger partial charge in [0.05, 0.1) is 6.54 Å². The Bertz CT molecular complexity index is 356. The molecule has 0 saturated heterocycles. The van der Waals surface area contributed by atoms with E-state index in [1.165, 1.54) is 17.7 Å². The molecule has 2 unspecified atom stereocenters. The Morgan fingerprint density at radius 2 is 2.22 bits per heavy atom. The highest BCUT2D eigenvalue weighted by molar-refractivity contribution is 7.09. The monoisotopic (exact) mass is 288 g/mol. The summed E-state index contributed by atoms with van der Waals surface area (Å²) >= 11 is 1.67. The summed E-state index contributed by atoms with van der Waals surface area (Å²) in [6.45, 7) is 0.651. The van der Waals surface area contributed by atoms with Crippen molar-refractivity contribution in [2.24, 2.45) is 11.7 Å². The Morgan fingerprint density at radius 3 is 2.89 bits per heavy atom. The van der Waals surface area contributed by atoms with Crippen LogP contribution < -0.4 is 11.1 Å². The number of nitrogens with two attached hydrogens (primary N) is 1. The smallest absolute Gasteiger partial charge is 0.220 e. The second kappa shape index (κ2) is 7.77. The lowest BCUT2D eigenvalue weighted by molar-refractivity contribution is -0.122. The van der Waals surface area contributed by atoms with Gasteiger partial charge in [-0.05, 0) is 30.2 Å². The molecule has 1 heterocycles. The molecule has 3 nitrogen and oxygen atoms in total. The highest BCUT2D eigenvalue weighted by atomic mass is 35.5. The van der Waals surface area contributed by atoms with Crippen LogP contribution in [0.1, 0.15) is 37.0 Å². The number of amides is 1. The number of halogens is 1. The Kier molecular flexibility index (Phi) is 6.68. The van der Waals surface area contributed by atoms with Crippen LogP contribution in [-0.4, -0.2) is 11.9 Å². The van der Waals surface area contributed by atoms with Gasteiger partial charge in [-0.25, -0.2) is 0 Å². The van der Waals surface area contributed by atoms with Crippen LogP contribution >= 0.6 is 23.7 Å². The first-order valence-corrected chi connectivity index (χ1v) is 7.18. The van der Waals surface area contributed by atoms with Gasteiger partial charge in [-0.3, -0.25) is 4.79 Å². The molecule has 0 radical (unpaired) electrons. The maximum absolute atomic E-state index is 11.8. The molecule has 0 spiro atoms. The predicted octanol–water partition coefficient (Wildman–Crippen LogP) is 2.69. The van der Waals surface area contributed by atoms with E-state index in [2.05, 4.69) is 5.32 Å². The summed E-state index contributed by atoms with van der Waals surface area (Å²) in [4.78, 5) is 13.0. The van der Waals surface area contributed by atoms with Crippen LogP contribution in [-0.2, 0) is 11.3 Å². The van der Waals surface area contributed by atoms with Crippen LogP contribution in [0, 0.1) is 5.92 Å². The van der Waals surface area contributed by atoms with E-state index < -0.39 is 0 Å². The van der Waals surface area contributed by atoms with E-state index in [-0.39, 0.29) is 24.4 Å². The number of thiophene rings is 1. The fourth-order valence-corrected chi connectivity index (χ4v) is 3.04. The summed E-state index contributed by atoms with van der Waals surface area (Å²) in [5.41, 5.74) is 6.04. The maximum Gasteiger partial charge on any atom is 0.220 e. The lowest BCUT2D eigenvalue weighted by Gasteiger charge is -2.27. The fourth-order valence-electron chi connectivity index (χ4n) is 2.40. The van der Waals surface area contributed by atoms with Gasteiger partial charge >= 0.3 is 0 Å². The van der Waals surface area contributed by atoms with Crippen molar-refractivity contribution in [2.45, 2.75) is 44.7 Å². The average molecular weight is 289 g/mol. The molecule has 2 rings (SSSR count). The minimum Gasteiger partial charge on any atom is -0.351 e. The van der Waals surface area contributed by atoms with Crippen LogP contribution in [0.5, 0.6) is 0 Å². The molecule has 1 aliphatic rings. The quantitative estimate of drug-likeness (QED) is 0.895. The Balaban J connectivity index is 0.00000162. The highest BCUT2D eigenvalue weighted by Gasteiger charge is 2.23. The summed E-state index contributed by atoms with van der Waals surface area (Å²) in [7, 11) is 0. The molecule has 1 aromatic rings. The Morgan fingerprint density at radius 1 is 1.44 bits per heavy atom. The summed E-state index contributed by atoms with van der Waals surface area (Å²) in [5.74, 6) is 0.521. The van der Waals surface area contributed by atoms with Crippen LogP contribution in [0.3, 0.4) is 0 Å². The van der Waals surface area contributed by atoms with E-state index in [1.807, 2.05) is 17.5 Å². The third kappa shape index (κ3) is 4.59.